The number of hydrogen-bond acceptors (Lipinski definition) is 4. The maximum absolute atomic E-state index is 12.9. The van der Waals surface area contributed by atoms with Crippen molar-refractivity contribution >= 4 is 5.91 Å². The van der Waals surface area contributed by atoms with Crippen LogP contribution in [-0.4, -0.2) is 32.3 Å². The molecule has 5 heteroatoms. The van der Waals surface area contributed by atoms with Gasteiger partial charge in [0.25, 0.3) is 5.91 Å². The number of amides is 1. The zero-order valence-corrected chi connectivity index (χ0v) is 13.2. The third-order valence-electron chi connectivity index (χ3n) is 4.27. The Morgan fingerprint density at radius 2 is 1.95 bits per heavy atom. The van der Waals surface area contributed by atoms with Crippen LogP contribution < -0.4 is 0 Å². The molecule has 1 aliphatic rings. The molecule has 1 amide bonds. The molecule has 1 unspecified atom stereocenters. The van der Waals surface area contributed by atoms with Crippen LogP contribution in [0.2, 0.25) is 0 Å². The summed E-state index contributed by atoms with van der Waals surface area (Å²) in [5.74, 6) is 0.666. The third-order valence-corrected chi connectivity index (χ3v) is 4.27. The molecule has 1 aliphatic heterocycles. The second kappa shape index (κ2) is 5.48. The van der Waals surface area contributed by atoms with Crippen LogP contribution in [0.15, 0.2) is 30.5 Å². The molecule has 2 aromatic heterocycles. The van der Waals surface area contributed by atoms with E-state index in [9.17, 15) is 4.79 Å². The van der Waals surface area contributed by atoms with Gasteiger partial charge in [-0.2, -0.15) is 0 Å². The van der Waals surface area contributed by atoms with E-state index >= 15 is 0 Å². The van der Waals surface area contributed by atoms with Crippen LogP contribution in [0.5, 0.6) is 0 Å². The van der Waals surface area contributed by atoms with Crippen molar-refractivity contribution < 1.29 is 4.79 Å². The average molecular weight is 296 g/mol. The fourth-order valence-corrected chi connectivity index (χ4v) is 3.03. The Balaban J connectivity index is 1.97. The summed E-state index contributed by atoms with van der Waals surface area (Å²) in [6.07, 6.45) is 3.58. The van der Waals surface area contributed by atoms with Crippen LogP contribution >= 0.6 is 0 Å². The SMILES string of the molecule is Cc1cccc(C(=O)N2CCCC2(C)c2nccc(C)n2)n1. The molecule has 1 atom stereocenters. The fourth-order valence-electron chi connectivity index (χ4n) is 3.03. The predicted molar refractivity (Wildman–Crippen MR) is 83.4 cm³/mol. The molecule has 0 N–H and O–H groups in total. The Kier molecular flexibility index (Phi) is 3.64. The van der Waals surface area contributed by atoms with Gasteiger partial charge < -0.3 is 4.90 Å². The van der Waals surface area contributed by atoms with Gasteiger partial charge in [-0.15, -0.1) is 0 Å². The molecule has 2 aromatic rings. The van der Waals surface area contributed by atoms with Crippen LogP contribution in [-0.2, 0) is 5.54 Å². The first-order chi connectivity index (χ1) is 10.5. The molecule has 0 spiro atoms. The van der Waals surface area contributed by atoms with Gasteiger partial charge in [0.2, 0.25) is 0 Å². The van der Waals surface area contributed by atoms with Crippen LogP contribution in [0.25, 0.3) is 0 Å². The number of likely N-dealkylation sites (tertiary alicyclic amines) is 1. The van der Waals surface area contributed by atoms with Gasteiger partial charge in [-0.05, 0) is 51.8 Å². The maximum atomic E-state index is 12.9. The van der Waals surface area contributed by atoms with Gasteiger partial charge in [0.1, 0.15) is 11.2 Å². The van der Waals surface area contributed by atoms with E-state index in [4.69, 9.17) is 0 Å². The first-order valence-corrected chi connectivity index (χ1v) is 7.56. The number of hydrogen-bond donors (Lipinski definition) is 0. The van der Waals surface area contributed by atoms with Crippen LogP contribution in [0.4, 0.5) is 0 Å². The van der Waals surface area contributed by atoms with Crippen LogP contribution in [0.1, 0.15) is 47.5 Å². The molecule has 0 radical (unpaired) electrons. The van der Waals surface area contributed by atoms with Crippen molar-refractivity contribution in [2.75, 3.05) is 6.54 Å². The van der Waals surface area contributed by atoms with E-state index < -0.39 is 5.54 Å². The van der Waals surface area contributed by atoms with Crippen molar-refractivity contribution in [2.24, 2.45) is 0 Å². The van der Waals surface area contributed by atoms with E-state index in [0.29, 0.717) is 18.1 Å². The van der Waals surface area contributed by atoms with Gasteiger partial charge in [0.05, 0.1) is 0 Å². The van der Waals surface area contributed by atoms with Crippen molar-refractivity contribution in [3.8, 4) is 0 Å². The summed E-state index contributed by atoms with van der Waals surface area (Å²) < 4.78 is 0. The molecule has 1 fully saturated rings. The van der Waals surface area contributed by atoms with Gasteiger partial charge in [-0.3, -0.25) is 4.79 Å². The Morgan fingerprint density at radius 3 is 2.68 bits per heavy atom. The minimum atomic E-state index is -0.464. The number of aryl methyl sites for hydroxylation is 2. The summed E-state index contributed by atoms with van der Waals surface area (Å²) >= 11 is 0. The number of nitrogens with zero attached hydrogens (tertiary/aromatic N) is 4. The number of rotatable bonds is 2. The maximum Gasteiger partial charge on any atom is 0.273 e. The number of pyridine rings is 1. The van der Waals surface area contributed by atoms with Crippen molar-refractivity contribution in [3.63, 3.8) is 0 Å². The van der Waals surface area contributed by atoms with Gasteiger partial charge in [0.15, 0.2) is 5.82 Å². The highest BCUT2D eigenvalue weighted by molar-refractivity contribution is 5.93. The summed E-state index contributed by atoms with van der Waals surface area (Å²) in [5, 5.41) is 0. The second-order valence-corrected chi connectivity index (χ2v) is 6.02. The van der Waals surface area contributed by atoms with Crippen molar-refractivity contribution in [1.82, 2.24) is 19.9 Å². The zero-order valence-electron chi connectivity index (χ0n) is 13.2. The summed E-state index contributed by atoms with van der Waals surface area (Å²) in [7, 11) is 0. The normalized spacial score (nSPS) is 21.1. The van der Waals surface area contributed by atoms with Gasteiger partial charge in [-0.1, -0.05) is 6.07 Å². The summed E-state index contributed by atoms with van der Waals surface area (Å²) in [6, 6.07) is 7.40. The van der Waals surface area contributed by atoms with E-state index in [1.54, 1.807) is 12.3 Å². The molecule has 0 saturated carbocycles. The first-order valence-electron chi connectivity index (χ1n) is 7.56. The molecule has 3 rings (SSSR count). The lowest BCUT2D eigenvalue weighted by Gasteiger charge is -2.33. The molecule has 22 heavy (non-hydrogen) atoms. The van der Waals surface area contributed by atoms with Crippen molar-refractivity contribution in [2.45, 2.75) is 39.2 Å². The Morgan fingerprint density at radius 1 is 1.18 bits per heavy atom. The van der Waals surface area contributed by atoms with Crippen LogP contribution in [0, 0.1) is 13.8 Å². The minimum Gasteiger partial charge on any atom is -0.325 e. The Hall–Kier alpha value is -2.30. The average Bonchev–Trinajstić information content (AvgIpc) is 2.90. The second-order valence-electron chi connectivity index (χ2n) is 6.02. The zero-order chi connectivity index (χ0) is 15.7. The Labute approximate surface area is 130 Å². The summed E-state index contributed by atoms with van der Waals surface area (Å²) in [6.45, 7) is 6.59. The fraction of sp³-hybridized carbons (Fsp3) is 0.412. The smallest absolute Gasteiger partial charge is 0.273 e. The molecular formula is C17H20N4O. The standard InChI is InChI=1S/C17H20N4O/c1-12-6-4-7-14(19-12)15(22)21-11-5-9-17(21,3)16-18-10-8-13(2)20-16/h4,6-8,10H,5,9,11H2,1-3H3. The quantitative estimate of drug-likeness (QED) is 0.855. The lowest BCUT2D eigenvalue weighted by Crippen LogP contribution is -2.44. The van der Waals surface area contributed by atoms with E-state index in [0.717, 1.165) is 24.2 Å². The highest BCUT2D eigenvalue weighted by Gasteiger charge is 2.43. The topological polar surface area (TPSA) is 59.0 Å². The van der Waals surface area contributed by atoms with Gasteiger partial charge in [0, 0.05) is 24.1 Å². The lowest BCUT2D eigenvalue weighted by atomic mass is 9.97. The van der Waals surface area contributed by atoms with E-state index in [2.05, 4.69) is 15.0 Å². The summed E-state index contributed by atoms with van der Waals surface area (Å²) in [5.41, 5.74) is 1.78. The Bertz CT molecular complexity index is 715. The first kappa shape index (κ1) is 14.6. The molecular weight excluding hydrogens is 276 g/mol. The predicted octanol–water partition coefficient (Wildman–Crippen LogP) is 2.64. The molecule has 114 valence electrons. The van der Waals surface area contributed by atoms with E-state index in [1.807, 2.05) is 43.9 Å². The molecule has 3 heterocycles. The van der Waals surface area contributed by atoms with Crippen LogP contribution in [0.3, 0.4) is 0 Å². The van der Waals surface area contributed by atoms with Crippen molar-refractivity contribution in [3.05, 3.63) is 53.4 Å². The number of carbonyl (C=O) groups excluding carboxylic acids is 1. The number of carbonyl (C=O) groups is 1. The van der Waals surface area contributed by atoms with Gasteiger partial charge in [-0.25, -0.2) is 15.0 Å². The molecule has 0 bridgehead atoms. The van der Waals surface area contributed by atoms with E-state index in [1.165, 1.54) is 0 Å². The van der Waals surface area contributed by atoms with Crippen molar-refractivity contribution in [1.29, 1.82) is 0 Å². The molecule has 5 nitrogen and oxygen atoms in total. The lowest BCUT2D eigenvalue weighted by molar-refractivity contribution is 0.0597. The highest BCUT2D eigenvalue weighted by atomic mass is 16.2. The minimum absolute atomic E-state index is 0.0474. The highest BCUT2D eigenvalue weighted by Crippen LogP contribution is 2.37. The molecule has 0 aromatic carbocycles. The van der Waals surface area contributed by atoms with Gasteiger partial charge >= 0.3 is 0 Å². The monoisotopic (exact) mass is 296 g/mol. The number of aromatic nitrogens is 3. The van der Waals surface area contributed by atoms with E-state index in [-0.39, 0.29) is 5.91 Å². The largest absolute Gasteiger partial charge is 0.325 e. The molecule has 0 aliphatic carbocycles. The molecule has 1 saturated heterocycles. The third kappa shape index (κ3) is 2.47. The summed E-state index contributed by atoms with van der Waals surface area (Å²) in [4.78, 5) is 28.1.